The van der Waals surface area contributed by atoms with Gasteiger partial charge in [-0.25, -0.2) is 9.98 Å². The summed E-state index contributed by atoms with van der Waals surface area (Å²) >= 11 is 3.48. The Bertz CT molecular complexity index is 1090. The van der Waals surface area contributed by atoms with Gasteiger partial charge in [0, 0.05) is 5.56 Å². The van der Waals surface area contributed by atoms with Crippen LogP contribution in [0.4, 0.5) is 17.3 Å². The van der Waals surface area contributed by atoms with Crippen LogP contribution in [0.2, 0.25) is 0 Å². The average Bonchev–Trinajstić information content (AvgIpc) is 2.67. The second-order valence-electron chi connectivity index (χ2n) is 5.87. The van der Waals surface area contributed by atoms with Gasteiger partial charge in [0.05, 0.1) is 23.9 Å². The largest absolute Gasteiger partial charge is 0.492 e. The fourth-order valence-corrected chi connectivity index (χ4v) is 3.65. The molecule has 2 aromatic rings. The molecule has 3 rings (SSSR count). The standard InChI is InChI=1S/C18H17BrN8O2/c1-3-29-11-5-8(4-10(19)15(11)28-2)14-12-13(22)9(6-20)16(23)26-17(12)27-18(25-14)24-7-21/h4-5,14H,3H2,1-2H3,(H6,22,23,24,25,26,27). The molecule has 1 aromatic heterocycles. The van der Waals surface area contributed by atoms with Gasteiger partial charge in [-0.05, 0) is 40.5 Å². The van der Waals surface area contributed by atoms with Gasteiger partial charge in [-0.2, -0.15) is 10.5 Å². The zero-order valence-corrected chi connectivity index (χ0v) is 17.2. The number of hydrogen-bond donors (Lipinski definition) is 4. The van der Waals surface area contributed by atoms with E-state index in [1.165, 1.54) is 0 Å². The molecule has 0 spiro atoms. The minimum atomic E-state index is -0.677. The number of anilines is 3. The molecule has 0 fully saturated rings. The number of benzene rings is 1. The molecule has 2 heterocycles. The molecule has 1 aliphatic heterocycles. The van der Waals surface area contributed by atoms with E-state index in [9.17, 15) is 5.26 Å². The number of rotatable bonds is 4. The Morgan fingerprint density at radius 3 is 2.72 bits per heavy atom. The highest BCUT2D eigenvalue weighted by Gasteiger charge is 2.30. The highest BCUT2D eigenvalue weighted by molar-refractivity contribution is 9.10. The lowest BCUT2D eigenvalue weighted by atomic mass is 9.95. The van der Waals surface area contributed by atoms with E-state index in [1.54, 1.807) is 19.2 Å². The van der Waals surface area contributed by atoms with E-state index in [1.807, 2.05) is 19.2 Å². The molecule has 11 heteroatoms. The third-order valence-electron chi connectivity index (χ3n) is 4.21. The van der Waals surface area contributed by atoms with Crippen molar-refractivity contribution in [1.82, 2.24) is 10.3 Å². The Labute approximate surface area is 175 Å². The fourth-order valence-electron chi connectivity index (χ4n) is 3.03. The Morgan fingerprint density at radius 2 is 2.10 bits per heavy atom. The second kappa shape index (κ2) is 8.12. The second-order valence-corrected chi connectivity index (χ2v) is 6.72. The quantitative estimate of drug-likeness (QED) is 0.397. The molecule has 0 saturated carbocycles. The van der Waals surface area contributed by atoms with Crippen molar-refractivity contribution in [3.05, 3.63) is 33.3 Å². The molecule has 1 unspecified atom stereocenters. The van der Waals surface area contributed by atoms with Crippen molar-refractivity contribution < 1.29 is 9.47 Å². The predicted molar refractivity (Wildman–Crippen MR) is 111 cm³/mol. The van der Waals surface area contributed by atoms with E-state index in [4.69, 9.17) is 26.2 Å². The lowest BCUT2D eigenvalue weighted by Crippen LogP contribution is -2.32. The first-order valence-corrected chi connectivity index (χ1v) is 9.23. The summed E-state index contributed by atoms with van der Waals surface area (Å²) in [7, 11) is 1.54. The van der Waals surface area contributed by atoms with Gasteiger partial charge in [0.1, 0.15) is 29.3 Å². The minimum Gasteiger partial charge on any atom is -0.492 e. The van der Waals surface area contributed by atoms with E-state index in [2.05, 4.69) is 36.5 Å². The molecule has 0 saturated heterocycles. The summed E-state index contributed by atoms with van der Waals surface area (Å²) in [5.74, 6) is 1.50. The molecular weight excluding hydrogens is 440 g/mol. The molecular formula is C18H17BrN8O2. The number of aromatic nitrogens is 1. The predicted octanol–water partition coefficient (Wildman–Crippen LogP) is 2.23. The maximum atomic E-state index is 9.41. The van der Waals surface area contributed by atoms with E-state index < -0.39 is 6.04 Å². The Kier molecular flexibility index (Phi) is 5.61. The van der Waals surface area contributed by atoms with Gasteiger partial charge in [0.2, 0.25) is 5.96 Å². The number of guanidine groups is 1. The van der Waals surface area contributed by atoms with Crippen LogP contribution in [0.25, 0.3) is 0 Å². The molecule has 1 aromatic carbocycles. The molecule has 0 aliphatic carbocycles. The molecule has 0 amide bonds. The van der Waals surface area contributed by atoms with Crippen LogP contribution in [0.1, 0.15) is 29.7 Å². The summed E-state index contributed by atoms with van der Waals surface area (Å²) < 4.78 is 11.7. The number of nitrogens with one attached hydrogen (secondary N) is 2. The van der Waals surface area contributed by atoms with Crippen molar-refractivity contribution in [1.29, 1.82) is 10.5 Å². The topological polar surface area (TPSA) is 167 Å². The number of ether oxygens (including phenoxy) is 2. The van der Waals surface area contributed by atoms with Crippen molar-refractivity contribution in [2.45, 2.75) is 13.0 Å². The number of nitrogen functional groups attached to an aromatic ring is 2. The number of fused-ring (bicyclic) bond motifs is 1. The number of hydrogen-bond acceptors (Lipinski definition) is 10. The number of nitrogens with zero attached hydrogens (tertiary/aromatic N) is 4. The SMILES string of the molecule is CCOc1cc(C2N=C(NC#N)Nc3nc(N)c(C#N)c(N)c32)cc(Br)c1OC. The summed E-state index contributed by atoms with van der Waals surface area (Å²) in [5.41, 5.74) is 13.5. The molecule has 29 heavy (non-hydrogen) atoms. The molecule has 0 bridgehead atoms. The first kappa shape index (κ1) is 20.0. The molecule has 148 valence electrons. The third kappa shape index (κ3) is 3.56. The molecule has 1 aliphatic rings. The number of nitrogens with two attached hydrogens (primary N) is 2. The zero-order valence-electron chi connectivity index (χ0n) is 15.6. The smallest absolute Gasteiger partial charge is 0.211 e. The number of aliphatic imine (C=N–C) groups is 1. The minimum absolute atomic E-state index is 0.0147. The summed E-state index contributed by atoms with van der Waals surface area (Å²) in [6, 6.07) is 4.86. The van der Waals surface area contributed by atoms with Gasteiger partial charge in [0.25, 0.3) is 0 Å². The Hall–Kier alpha value is -3.70. The number of pyridine rings is 1. The van der Waals surface area contributed by atoms with E-state index in [0.29, 0.717) is 39.5 Å². The number of nitriles is 2. The number of methoxy groups -OCH3 is 1. The van der Waals surface area contributed by atoms with Gasteiger partial charge in [0.15, 0.2) is 17.7 Å². The first-order chi connectivity index (χ1) is 13.9. The van der Waals surface area contributed by atoms with Crippen LogP contribution in [-0.2, 0) is 0 Å². The maximum Gasteiger partial charge on any atom is 0.211 e. The first-order valence-electron chi connectivity index (χ1n) is 8.44. The maximum absolute atomic E-state index is 9.41. The van der Waals surface area contributed by atoms with Gasteiger partial charge in [-0.1, -0.05) is 0 Å². The Morgan fingerprint density at radius 1 is 1.34 bits per heavy atom. The van der Waals surface area contributed by atoms with Crippen LogP contribution < -0.4 is 31.6 Å². The summed E-state index contributed by atoms with van der Waals surface area (Å²) in [6.45, 7) is 2.29. The van der Waals surface area contributed by atoms with Crippen LogP contribution in [0, 0.1) is 22.8 Å². The molecule has 6 N–H and O–H groups in total. The Balaban J connectivity index is 2.27. The highest BCUT2D eigenvalue weighted by atomic mass is 79.9. The van der Waals surface area contributed by atoms with E-state index in [-0.39, 0.29) is 23.0 Å². The summed E-state index contributed by atoms with van der Waals surface area (Å²) in [5, 5.41) is 23.8. The van der Waals surface area contributed by atoms with Crippen molar-refractivity contribution in [3.8, 4) is 23.8 Å². The van der Waals surface area contributed by atoms with Gasteiger partial charge in [-0.15, -0.1) is 0 Å². The van der Waals surface area contributed by atoms with E-state index in [0.717, 1.165) is 0 Å². The number of halogens is 1. The highest BCUT2D eigenvalue weighted by Crippen LogP contribution is 2.44. The van der Waals surface area contributed by atoms with Crippen LogP contribution in [0.3, 0.4) is 0 Å². The summed E-state index contributed by atoms with van der Waals surface area (Å²) in [6.07, 6.45) is 1.81. The van der Waals surface area contributed by atoms with Gasteiger partial charge >= 0.3 is 0 Å². The van der Waals surface area contributed by atoms with Crippen LogP contribution >= 0.6 is 15.9 Å². The average molecular weight is 457 g/mol. The van der Waals surface area contributed by atoms with E-state index >= 15 is 0 Å². The fraction of sp³-hybridized carbons (Fsp3) is 0.222. The molecule has 10 nitrogen and oxygen atoms in total. The van der Waals surface area contributed by atoms with Crippen molar-refractivity contribution in [3.63, 3.8) is 0 Å². The molecule has 0 radical (unpaired) electrons. The van der Waals surface area contributed by atoms with Gasteiger partial charge < -0.3 is 26.3 Å². The normalized spacial score (nSPS) is 14.5. The van der Waals surface area contributed by atoms with Crippen molar-refractivity contribution >= 4 is 39.2 Å². The zero-order chi connectivity index (χ0) is 21.1. The summed E-state index contributed by atoms with van der Waals surface area (Å²) in [4.78, 5) is 8.77. The lowest BCUT2D eigenvalue weighted by molar-refractivity contribution is 0.309. The van der Waals surface area contributed by atoms with Crippen molar-refractivity contribution in [2.24, 2.45) is 4.99 Å². The molecule has 1 atom stereocenters. The third-order valence-corrected chi connectivity index (χ3v) is 4.80. The van der Waals surface area contributed by atoms with Crippen LogP contribution in [0.5, 0.6) is 11.5 Å². The lowest BCUT2D eigenvalue weighted by Gasteiger charge is -2.27. The van der Waals surface area contributed by atoms with Gasteiger partial charge in [-0.3, -0.25) is 5.32 Å². The van der Waals surface area contributed by atoms with Crippen molar-refractivity contribution in [2.75, 3.05) is 30.5 Å². The van der Waals surface area contributed by atoms with Crippen LogP contribution in [0.15, 0.2) is 21.6 Å². The van der Waals surface area contributed by atoms with Crippen LogP contribution in [-0.4, -0.2) is 24.7 Å². The monoisotopic (exact) mass is 456 g/mol.